The molecule has 0 heterocycles. The molecule has 0 aliphatic carbocycles. The third-order valence-corrected chi connectivity index (χ3v) is 3.16. The summed E-state index contributed by atoms with van der Waals surface area (Å²) in [6.45, 7) is 4.29. The second kappa shape index (κ2) is 5.05. The van der Waals surface area contributed by atoms with Crippen LogP contribution in [0.5, 0.6) is 5.75 Å². The van der Waals surface area contributed by atoms with Crippen LogP contribution < -0.4 is 0 Å². The van der Waals surface area contributed by atoms with Gasteiger partial charge in [-0.1, -0.05) is 44.2 Å². The molecule has 0 aliphatic rings. The summed E-state index contributed by atoms with van der Waals surface area (Å²) in [7, 11) is 0. The zero-order chi connectivity index (χ0) is 12.3. The zero-order valence-corrected chi connectivity index (χ0v) is 10.4. The molecule has 0 spiro atoms. The molecule has 0 saturated heterocycles. The Kier molecular flexibility index (Phi) is 3.48. The van der Waals surface area contributed by atoms with Crippen molar-refractivity contribution in [3.63, 3.8) is 0 Å². The number of hydrogen-bond acceptors (Lipinski definition) is 1. The third-order valence-electron chi connectivity index (χ3n) is 3.16. The first kappa shape index (κ1) is 11.7. The van der Waals surface area contributed by atoms with Gasteiger partial charge >= 0.3 is 0 Å². The maximum absolute atomic E-state index is 9.54. The maximum atomic E-state index is 9.54. The average molecular weight is 226 g/mol. The van der Waals surface area contributed by atoms with Gasteiger partial charge in [-0.25, -0.2) is 0 Å². The molecule has 0 atom stereocenters. The molecule has 0 bridgehead atoms. The van der Waals surface area contributed by atoms with Crippen molar-refractivity contribution in [3.8, 4) is 16.9 Å². The lowest BCUT2D eigenvalue weighted by atomic mass is 9.93. The lowest BCUT2D eigenvalue weighted by Crippen LogP contribution is -1.92. The SMILES string of the molecule is CCc1ccccc1-c1ccc(O)cc1CC. The van der Waals surface area contributed by atoms with Crippen LogP contribution in [-0.2, 0) is 12.8 Å². The van der Waals surface area contributed by atoms with Gasteiger partial charge in [0, 0.05) is 0 Å². The Morgan fingerprint density at radius 3 is 2.18 bits per heavy atom. The van der Waals surface area contributed by atoms with E-state index >= 15 is 0 Å². The average Bonchev–Trinajstić information content (AvgIpc) is 2.38. The van der Waals surface area contributed by atoms with E-state index in [4.69, 9.17) is 0 Å². The molecule has 2 aromatic rings. The highest BCUT2D eigenvalue weighted by Gasteiger charge is 2.07. The van der Waals surface area contributed by atoms with Gasteiger partial charge in [0.05, 0.1) is 0 Å². The molecule has 1 N–H and O–H groups in total. The van der Waals surface area contributed by atoms with Crippen molar-refractivity contribution in [2.24, 2.45) is 0 Å². The summed E-state index contributed by atoms with van der Waals surface area (Å²) >= 11 is 0. The fourth-order valence-electron chi connectivity index (χ4n) is 2.23. The van der Waals surface area contributed by atoms with Gasteiger partial charge in [-0.2, -0.15) is 0 Å². The van der Waals surface area contributed by atoms with Gasteiger partial charge in [0.25, 0.3) is 0 Å². The van der Waals surface area contributed by atoms with Crippen LogP contribution in [0.2, 0.25) is 0 Å². The van der Waals surface area contributed by atoms with E-state index in [2.05, 4.69) is 38.1 Å². The van der Waals surface area contributed by atoms with Crippen LogP contribution >= 0.6 is 0 Å². The third kappa shape index (κ3) is 2.33. The minimum Gasteiger partial charge on any atom is -0.508 e. The van der Waals surface area contributed by atoms with Gasteiger partial charge in [0.15, 0.2) is 0 Å². The molecule has 0 aromatic heterocycles. The van der Waals surface area contributed by atoms with Gasteiger partial charge in [-0.05, 0) is 47.2 Å². The van der Waals surface area contributed by atoms with Crippen LogP contribution in [0.3, 0.4) is 0 Å². The van der Waals surface area contributed by atoms with Crippen molar-refractivity contribution in [2.75, 3.05) is 0 Å². The van der Waals surface area contributed by atoms with Crippen LogP contribution in [0.1, 0.15) is 25.0 Å². The van der Waals surface area contributed by atoms with Crippen LogP contribution in [0.15, 0.2) is 42.5 Å². The van der Waals surface area contributed by atoms with E-state index in [1.165, 1.54) is 22.3 Å². The molecule has 0 aliphatic heterocycles. The predicted molar refractivity (Wildman–Crippen MR) is 72.3 cm³/mol. The smallest absolute Gasteiger partial charge is 0.115 e. The molecule has 0 amide bonds. The van der Waals surface area contributed by atoms with Gasteiger partial charge in [0.1, 0.15) is 5.75 Å². The molecule has 0 saturated carbocycles. The largest absolute Gasteiger partial charge is 0.508 e. The van der Waals surface area contributed by atoms with E-state index in [0.29, 0.717) is 5.75 Å². The lowest BCUT2D eigenvalue weighted by molar-refractivity contribution is 0.474. The molecular weight excluding hydrogens is 208 g/mol. The Balaban J connectivity index is 2.59. The number of aryl methyl sites for hydroxylation is 2. The second-order valence-corrected chi connectivity index (χ2v) is 4.21. The molecule has 0 radical (unpaired) electrons. The normalized spacial score (nSPS) is 10.5. The van der Waals surface area contributed by atoms with E-state index in [1.54, 1.807) is 6.07 Å². The summed E-state index contributed by atoms with van der Waals surface area (Å²) < 4.78 is 0. The fourth-order valence-corrected chi connectivity index (χ4v) is 2.23. The van der Waals surface area contributed by atoms with Crippen LogP contribution in [-0.4, -0.2) is 5.11 Å². The summed E-state index contributed by atoms with van der Waals surface area (Å²) in [5.41, 5.74) is 5.08. The molecule has 2 rings (SSSR count). The Morgan fingerprint density at radius 2 is 1.47 bits per heavy atom. The standard InChI is InChI=1S/C16H18O/c1-3-12-7-5-6-8-15(12)16-10-9-14(17)11-13(16)4-2/h5-11,17H,3-4H2,1-2H3. The molecule has 1 nitrogen and oxygen atoms in total. The van der Waals surface area contributed by atoms with Gasteiger partial charge in [0.2, 0.25) is 0 Å². The number of rotatable bonds is 3. The Hall–Kier alpha value is -1.76. The van der Waals surface area contributed by atoms with Gasteiger partial charge in [-0.15, -0.1) is 0 Å². The molecule has 17 heavy (non-hydrogen) atoms. The van der Waals surface area contributed by atoms with Gasteiger partial charge < -0.3 is 5.11 Å². The van der Waals surface area contributed by atoms with E-state index in [0.717, 1.165) is 12.8 Å². The number of aromatic hydroxyl groups is 1. The lowest BCUT2D eigenvalue weighted by Gasteiger charge is -2.12. The van der Waals surface area contributed by atoms with E-state index in [1.807, 2.05) is 12.1 Å². The fraction of sp³-hybridized carbons (Fsp3) is 0.250. The highest BCUT2D eigenvalue weighted by Crippen LogP contribution is 2.30. The van der Waals surface area contributed by atoms with Crippen molar-refractivity contribution in [1.82, 2.24) is 0 Å². The number of phenolic OH excluding ortho intramolecular Hbond substituents is 1. The molecule has 1 heteroatoms. The van der Waals surface area contributed by atoms with Crippen molar-refractivity contribution in [1.29, 1.82) is 0 Å². The monoisotopic (exact) mass is 226 g/mol. The zero-order valence-electron chi connectivity index (χ0n) is 10.4. The predicted octanol–water partition coefficient (Wildman–Crippen LogP) is 4.18. The summed E-state index contributed by atoms with van der Waals surface area (Å²) in [4.78, 5) is 0. The number of phenols is 1. The van der Waals surface area contributed by atoms with Crippen molar-refractivity contribution < 1.29 is 5.11 Å². The first-order valence-electron chi connectivity index (χ1n) is 6.16. The highest BCUT2D eigenvalue weighted by atomic mass is 16.3. The molecular formula is C16H18O. The molecule has 0 unspecified atom stereocenters. The highest BCUT2D eigenvalue weighted by molar-refractivity contribution is 5.71. The maximum Gasteiger partial charge on any atom is 0.115 e. The topological polar surface area (TPSA) is 20.2 Å². The summed E-state index contributed by atoms with van der Waals surface area (Å²) in [5, 5.41) is 9.54. The Bertz CT molecular complexity index is 515. The second-order valence-electron chi connectivity index (χ2n) is 4.21. The van der Waals surface area contributed by atoms with E-state index < -0.39 is 0 Å². The van der Waals surface area contributed by atoms with Gasteiger partial charge in [-0.3, -0.25) is 0 Å². The molecule has 0 fully saturated rings. The van der Waals surface area contributed by atoms with E-state index in [-0.39, 0.29) is 0 Å². The van der Waals surface area contributed by atoms with E-state index in [9.17, 15) is 5.11 Å². The summed E-state index contributed by atoms with van der Waals surface area (Å²) in [5.74, 6) is 0.347. The van der Waals surface area contributed by atoms with Crippen LogP contribution in [0.4, 0.5) is 0 Å². The quantitative estimate of drug-likeness (QED) is 0.832. The van der Waals surface area contributed by atoms with Crippen molar-refractivity contribution in [2.45, 2.75) is 26.7 Å². The minimum atomic E-state index is 0.347. The molecule has 2 aromatic carbocycles. The van der Waals surface area contributed by atoms with Crippen molar-refractivity contribution in [3.05, 3.63) is 53.6 Å². The molecule has 88 valence electrons. The van der Waals surface area contributed by atoms with Crippen LogP contribution in [0, 0.1) is 0 Å². The van der Waals surface area contributed by atoms with Crippen LogP contribution in [0.25, 0.3) is 11.1 Å². The number of hydrogen-bond donors (Lipinski definition) is 1. The number of benzene rings is 2. The Labute approximate surface area is 103 Å². The first-order chi connectivity index (χ1) is 8.26. The summed E-state index contributed by atoms with van der Waals surface area (Å²) in [6, 6.07) is 14.1. The Morgan fingerprint density at radius 1 is 0.824 bits per heavy atom. The summed E-state index contributed by atoms with van der Waals surface area (Å²) in [6.07, 6.45) is 1.96. The first-order valence-corrected chi connectivity index (χ1v) is 6.16. The van der Waals surface area contributed by atoms with Crippen molar-refractivity contribution >= 4 is 0 Å². The minimum absolute atomic E-state index is 0.347.